The molecule has 0 radical (unpaired) electrons. The quantitative estimate of drug-likeness (QED) is 0.318. The SMILES string of the molecule is NC(=O)c1cnn(-c2nc(NC3CCCC3)c3ncn(C4O[C@H](CO)[C@@H](O)[C@@H]4O)c3n2)c1. The van der Waals surface area contributed by atoms with Crippen molar-refractivity contribution in [1.82, 2.24) is 29.3 Å². The molecule has 2 aliphatic rings. The monoisotopic (exact) mass is 444 g/mol. The average Bonchev–Trinajstić information content (AvgIpc) is 3.56. The third-order valence-electron chi connectivity index (χ3n) is 5.97. The number of amides is 1. The normalized spacial score (nSPS) is 26.2. The fourth-order valence-electron chi connectivity index (χ4n) is 4.23. The van der Waals surface area contributed by atoms with E-state index in [0.717, 1.165) is 25.7 Å². The molecule has 1 aliphatic heterocycles. The predicted octanol–water partition coefficient (Wildman–Crippen LogP) is -0.923. The molecular weight excluding hydrogens is 420 g/mol. The minimum atomic E-state index is -1.29. The number of fused-ring (bicyclic) bond motifs is 1. The minimum Gasteiger partial charge on any atom is -0.394 e. The van der Waals surface area contributed by atoms with Crippen LogP contribution in [0.4, 0.5) is 5.82 Å². The number of nitrogens with two attached hydrogens (primary N) is 1. The number of aliphatic hydroxyl groups is 3. The van der Waals surface area contributed by atoms with Crippen molar-refractivity contribution in [2.45, 2.75) is 56.3 Å². The molecule has 0 bridgehead atoms. The Morgan fingerprint density at radius 2 is 2.03 bits per heavy atom. The number of anilines is 1. The molecule has 1 saturated carbocycles. The van der Waals surface area contributed by atoms with E-state index in [2.05, 4.69) is 25.4 Å². The number of primary amides is 1. The van der Waals surface area contributed by atoms with Crippen LogP contribution in [0.1, 0.15) is 42.3 Å². The van der Waals surface area contributed by atoms with E-state index < -0.39 is 37.1 Å². The van der Waals surface area contributed by atoms with Gasteiger partial charge in [-0.05, 0) is 12.8 Å². The molecule has 1 saturated heterocycles. The third kappa shape index (κ3) is 3.48. The van der Waals surface area contributed by atoms with Crippen molar-refractivity contribution in [3.05, 3.63) is 24.3 Å². The van der Waals surface area contributed by atoms with Gasteiger partial charge in [0.2, 0.25) is 0 Å². The average molecular weight is 444 g/mol. The summed E-state index contributed by atoms with van der Waals surface area (Å²) in [5.41, 5.74) is 6.33. The van der Waals surface area contributed by atoms with Gasteiger partial charge in [-0.1, -0.05) is 12.8 Å². The van der Waals surface area contributed by atoms with Crippen molar-refractivity contribution >= 4 is 22.9 Å². The summed E-state index contributed by atoms with van der Waals surface area (Å²) in [6, 6.07) is 0.235. The molecule has 32 heavy (non-hydrogen) atoms. The Hall–Kier alpha value is -3.13. The summed E-state index contributed by atoms with van der Waals surface area (Å²) in [5.74, 6) is 0.0238. The molecule has 1 amide bonds. The molecule has 1 unspecified atom stereocenters. The van der Waals surface area contributed by atoms with Crippen LogP contribution in [0.5, 0.6) is 0 Å². The van der Waals surface area contributed by atoms with Gasteiger partial charge >= 0.3 is 0 Å². The van der Waals surface area contributed by atoms with Crippen molar-refractivity contribution in [2.24, 2.45) is 5.73 Å². The van der Waals surface area contributed by atoms with Crippen LogP contribution < -0.4 is 11.1 Å². The molecule has 2 fully saturated rings. The van der Waals surface area contributed by atoms with Crippen LogP contribution in [-0.2, 0) is 4.74 Å². The van der Waals surface area contributed by atoms with Gasteiger partial charge in [0, 0.05) is 12.2 Å². The smallest absolute Gasteiger partial charge is 0.254 e. The highest BCUT2D eigenvalue weighted by molar-refractivity contribution is 5.92. The summed E-state index contributed by atoms with van der Waals surface area (Å²) in [6.45, 7) is -0.445. The van der Waals surface area contributed by atoms with Gasteiger partial charge < -0.3 is 31.1 Å². The summed E-state index contributed by atoms with van der Waals surface area (Å²) < 4.78 is 8.47. The molecule has 6 N–H and O–H groups in total. The van der Waals surface area contributed by atoms with Crippen LogP contribution >= 0.6 is 0 Å². The first-order valence-corrected chi connectivity index (χ1v) is 10.4. The number of imidazole rings is 1. The topological polar surface area (TPSA) is 186 Å². The molecular formula is C19H24N8O5. The zero-order chi connectivity index (χ0) is 22.4. The third-order valence-corrected chi connectivity index (χ3v) is 5.97. The highest BCUT2D eigenvalue weighted by atomic mass is 16.6. The summed E-state index contributed by atoms with van der Waals surface area (Å²) in [7, 11) is 0. The molecule has 0 aromatic carbocycles. The van der Waals surface area contributed by atoms with Crippen molar-refractivity contribution in [3.63, 3.8) is 0 Å². The maximum atomic E-state index is 11.5. The fourth-order valence-corrected chi connectivity index (χ4v) is 4.23. The van der Waals surface area contributed by atoms with Crippen LogP contribution in [0.15, 0.2) is 18.7 Å². The number of nitrogens with zero attached hydrogens (tertiary/aromatic N) is 6. The van der Waals surface area contributed by atoms with Gasteiger partial charge in [-0.15, -0.1) is 0 Å². The maximum absolute atomic E-state index is 11.5. The number of carbonyl (C=O) groups is 1. The van der Waals surface area contributed by atoms with E-state index in [0.29, 0.717) is 17.0 Å². The van der Waals surface area contributed by atoms with Crippen LogP contribution in [0.2, 0.25) is 0 Å². The van der Waals surface area contributed by atoms with Crippen molar-refractivity contribution in [3.8, 4) is 5.95 Å². The first-order valence-electron chi connectivity index (χ1n) is 10.4. The predicted molar refractivity (Wildman–Crippen MR) is 110 cm³/mol. The van der Waals surface area contributed by atoms with E-state index in [1.54, 1.807) is 0 Å². The van der Waals surface area contributed by atoms with Gasteiger partial charge in [-0.2, -0.15) is 15.1 Å². The molecule has 5 rings (SSSR count). The van der Waals surface area contributed by atoms with Crippen LogP contribution in [0.3, 0.4) is 0 Å². The number of nitrogens with one attached hydrogen (secondary N) is 1. The van der Waals surface area contributed by atoms with E-state index in [1.807, 2.05) is 0 Å². The van der Waals surface area contributed by atoms with E-state index in [4.69, 9.17) is 10.5 Å². The van der Waals surface area contributed by atoms with Gasteiger partial charge in [0.25, 0.3) is 11.9 Å². The molecule has 4 heterocycles. The van der Waals surface area contributed by atoms with Gasteiger partial charge in [0.1, 0.15) is 18.3 Å². The Morgan fingerprint density at radius 1 is 1.25 bits per heavy atom. The number of hydrogen-bond acceptors (Lipinski definition) is 10. The first-order chi connectivity index (χ1) is 15.5. The van der Waals surface area contributed by atoms with Gasteiger partial charge in [0.05, 0.1) is 24.7 Å². The largest absolute Gasteiger partial charge is 0.394 e. The first kappa shape index (κ1) is 20.8. The summed E-state index contributed by atoms with van der Waals surface area (Å²) in [6.07, 6.45) is 3.95. The van der Waals surface area contributed by atoms with E-state index >= 15 is 0 Å². The molecule has 0 spiro atoms. The van der Waals surface area contributed by atoms with Crippen LogP contribution in [0, 0.1) is 0 Å². The maximum Gasteiger partial charge on any atom is 0.254 e. The van der Waals surface area contributed by atoms with E-state index in [-0.39, 0.29) is 17.6 Å². The number of rotatable bonds is 6. The lowest BCUT2D eigenvalue weighted by atomic mass is 10.1. The Kier molecular flexibility index (Phi) is 5.25. The molecule has 3 aromatic heterocycles. The Morgan fingerprint density at radius 3 is 2.69 bits per heavy atom. The van der Waals surface area contributed by atoms with Crippen molar-refractivity contribution < 1.29 is 24.9 Å². The molecule has 4 atom stereocenters. The lowest BCUT2D eigenvalue weighted by Crippen LogP contribution is -2.33. The zero-order valence-corrected chi connectivity index (χ0v) is 17.1. The van der Waals surface area contributed by atoms with Crippen LogP contribution in [0.25, 0.3) is 17.1 Å². The van der Waals surface area contributed by atoms with Gasteiger partial charge in [-0.25, -0.2) is 9.67 Å². The molecule has 13 heteroatoms. The molecule has 170 valence electrons. The Balaban J connectivity index is 1.61. The Labute approximate surface area is 181 Å². The standard InChI is InChI=1S/C19H24N8O5/c20-15(31)9-5-22-27(6-9)19-24-16(23-10-3-1-2-4-10)12-17(25-19)26(8-21-12)18-14(30)13(29)11(7-28)32-18/h5-6,8,10-11,13-14,18,28-30H,1-4,7H2,(H2,20,31)(H,23,24,25)/t11-,13-,14+,18?/m1/s1. The lowest BCUT2D eigenvalue weighted by molar-refractivity contribution is -0.0511. The lowest BCUT2D eigenvalue weighted by Gasteiger charge is -2.18. The highest BCUT2D eigenvalue weighted by Crippen LogP contribution is 2.33. The minimum absolute atomic E-state index is 0.166. The second-order valence-corrected chi connectivity index (χ2v) is 8.09. The number of ether oxygens (including phenoxy) is 1. The zero-order valence-electron chi connectivity index (χ0n) is 17.1. The van der Waals surface area contributed by atoms with E-state index in [9.17, 15) is 20.1 Å². The van der Waals surface area contributed by atoms with E-state index in [1.165, 1.54) is 28.0 Å². The van der Waals surface area contributed by atoms with Gasteiger partial charge in [0.15, 0.2) is 23.2 Å². The number of carbonyl (C=O) groups excluding carboxylic acids is 1. The van der Waals surface area contributed by atoms with Crippen molar-refractivity contribution in [1.29, 1.82) is 0 Å². The van der Waals surface area contributed by atoms with Crippen molar-refractivity contribution in [2.75, 3.05) is 11.9 Å². The van der Waals surface area contributed by atoms with Gasteiger partial charge in [-0.3, -0.25) is 9.36 Å². The summed E-state index contributed by atoms with van der Waals surface area (Å²) in [5, 5.41) is 37.6. The van der Waals surface area contributed by atoms with Crippen LogP contribution in [-0.4, -0.2) is 81.5 Å². The number of aliphatic hydroxyl groups excluding tert-OH is 3. The summed E-state index contributed by atoms with van der Waals surface area (Å²) in [4.78, 5) is 25.0. The summed E-state index contributed by atoms with van der Waals surface area (Å²) >= 11 is 0. The second-order valence-electron chi connectivity index (χ2n) is 8.09. The number of aromatic nitrogens is 6. The second kappa shape index (κ2) is 8.09. The highest BCUT2D eigenvalue weighted by Gasteiger charge is 2.44. The number of hydrogen-bond donors (Lipinski definition) is 5. The molecule has 3 aromatic rings. The fraction of sp³-hybridized carbons (Fsp3) is 0.526. The molecule has 1 aliphatic carbocycles. The molecule has 13 nitrogen and oxygen atoms in total. The Bertz CT molecular complexity index is 1140.